The van der Waals surface area contributed by atoms with Crippen LogP contribution in [0, 0.1) is 16.7 Å². The molecule has 3 N–H and O–H groups in total. The van der Waals surface area contributed by atoms with Crippen molar-refractivity contribution < 1.29 is 0 Å². The normalized spacial score (nSPS) is 25.9. The Hall–Kier alpha value is -1.10. The molecule has 112 valence electrons. The maximum atomic E-state index is 5.74. The molecule has 0 radical (unpaired) electrons. The Morgan fingerprint density at radius 2 is 1.80 bits per heavy atom. The third kappa shape index (κ3) is 1.94. The molecule has 0 atom stereocenters. The van der Waals surface area contributed by atoms with Crippen molar-refractivity contribution in [2.45, 2.75) is 46.5 Å². The second-order valence-corrected chi connectivity index (χ2v) is 7.56. The lowest BCUT2D eigenvalue weighted by atomic mass is 9.97. The van der Waals surface area contributed by atoms with Gasteiger partial charge in [0.2, 0.25) is 5.95 Å². The zero-order chi connectivity index (χ0) is 14.5. The minimum Gasteiger partial charge on any atom is -0.340 e. The number of aromatic nitrogens is 3. The second kappa shape index (κ2) is 4.45. The number of nitrogens with two attached hydrogens (primary N) is 1. The third-order valence-corrected chi connectivity index (χ3v) is 6.02. The third-order valence-electron chi connectivity index (χ3n) is 6.02. The Morgan fingerprint density at radius 1 is 1.20 bits per heavy atom. The van der Waals surface area contributed by atoms with Crippen molar-refractivity contribution in [1.29, 1.82) is 0 Å². The van der Waals surface area contributed by atoms with E-state index in [1.54, 1.807) is 0 Å². The summed E-state index contributed by atoms with van der Waals surface area (Å²) in [4.78, 5) is 7.05. The Kier molecular flexibility index (Phi) is 3.08. The fourth-order valence-electron chi connectivity index (χ4n) is 3.78. The van der Waals surface area contributed by atoms with Crippen molar-refractivity contribution in [2.75, 3.05) is 24.5 Å². The van der Waals surface area contributed by atoms with Crippen LogP contribution in [0.25, 0.3) is 0 Å². The van der Waals surface area contributed by atoms with E-state index in [1.807, 2.05) is 0 Å². The van der Waals surface area contributed by atoms with Crippen LogP contribution < -0.4 is 10.6 Å². The molecule has 2 aliphatic rings. The average Bonchev–Trinajstić information content (AvgIpc) is 2.75. The van der Waals surface area contributed by atoms with Gasteiger partial charge in [0.1, 0.15) is 5.82 Å². The van der Waals surface area contributed by atoms with Crippen LogP contribution >= 0.6 is 0 Å². The highest BCUT2D eigenvalue weighted by atomic mass is 15.4. The van der Waals surface area contributed by atoms with Gasteiger partial charge in [-0.2, -0.15) is 4.98 Å². The van der Waals surface area contributed by atoms with Crippen LogP contribution in [-0.4, -0.2) is 34.8 Å². The zero-order valence-corrected chi connectivity index (χ0v) is 13.1. The quantitative estimate of drug-likeness (QED) is 0.888. The molecular formula is C15H27N5. The van der Waals surface area contributed by atoms with Crippen molar-refractivity contribution in [3.05, 3.63) is 5.82 Å². The molecule has 1 aromatic rings. The molecule has 5 nitrogen and oxygen atoms in total. The smallest absolute Gasteiger partial charge is 0.244 e. The van der Waals surface area contributed by atoms with Gasteiger partial charge in [-0.05, 0) is 36.1 Å². The number of nitrogens with one attached hydrogen (secondary N) is 1. The Bertz CT molecular complexity index is 468. The summed E-state index contributed by atoms with van der Waals surface area (Å²) in [6, 6.07) is 0. The lowest BCUT2D eigenvalue weighted by molar-refractivity contribution is 0.411. The van der Waals surface area contributed by atoms with Gasteiger partial charge in [0.15, 0.2) is 0 Å². The molecule has 1 aromatic heterocycles. The SMILES string of the molecule is CC1(C)C(c2nc(N3CCC(CN)CC3)n[nH]2)C1(C)C. The number of rotatable bonds is 3. The van der Waals surface area contributed by atoms with E-state index in [0.717, 1.165) is 44.2 Å². The summed E-state index contributed by atoms with van der Waals surface area (Å²) in [7, 11) is 0. The maximum absolute atomic E-state index is 5.74. The van der Waals surface area contributed by atoms with E-state index in [-0.39, 0.29) is 0 Å². The van der Waals surface area contributed by atoms with Crippen LogP contribution in [0.15, 0.2) is 0 Å². The van der Waals surface area contributed by atoms with Crippen LogP contribution in [0.1, 0.15) is 52.3 Å². The van der Waals surface area contributed by atoms with E-state index in [0.29, 0.717) is 22.7 Å². The van der Waals surface area contributed by atoms with Crippen molar-refractivity contribution in [3.8, 4) is 0 Å². The van der Waals surface area contributed by atoms with Gasteiger partial charge in [-0.15, -0.1) is 5.10 Å². The second-order valence-electron chi connectivity index (χ2n) is 7.56. The molecule has 0 spiro atoms. The molecule has 0 amide bonds. The van der Waals surface area contributed by atoms with Crippen LogP contribution in [0.2, 0.25) is 0 Å². The molecule has 2 heterocycles. The molecule has 0 aromatic carbocycles. The highest BCUT2D eigenvalue weighted by Gasteiger charge is 2.66. The summed E-state index contributed by atoms with van der Waals surface area (Å²) in [6.45, 7) is 12.1. The minimum atomic E-state index is 0.302. The Morgan fingerprint density at radius 3 is 2.30 bits per heavy atom. The number of H-pyrrole nitrogens is 1. The Labute approximate surface area is 121 Å². The summed E-state index contributed by atoms with van der Waals surface area (Å²) < 4.78 is 0. The van der Waals surface area contributed by atoms with Crippen LogP contribution in [0.4, 0.5) is 5.95 Å². The average molecular weight is 277 g/mol. The Balaban J connectivity index is 1.70. The van der Waals surface area contributed by atoms with E-state index in [4.69, 9.17) is 10.7 Å². The van der Waals surface area contributed by atoms with Gasteiger partial charge in [0.25, 0.3) is 0 Å². The molecule has 0 unspecified atom stereocenters. The summed E-state index contributed by atoms with van der Waals surface area (Å²) in [5.41, 5.74) is 6.35. The van der Waals surface area contributed by atoms with Crippen LogP contribution in [-0.2, 0) is 0 Å². The predicted molar refractivity (Wildman–Crippen MR) is 80.7 cm³/mol. The summed E-state index contributed by atoms with van der Waals surface area (Å²) in [5, 5.41) is 7.62. The largest absolute Gasteiger partial charge is 0.340 e. The highest BCUT2D eigenvalue weighted by Crippen LogP contribution is 2.72. The predicted octanol–water partition coefficient (Wildman–Crippen LogP) is 2.13. The minimum absolute atomic E-state index is 0.302. The number of anilines is 1. The van der Waals surface area contributed by atoms with Gasteiger partial charge in [0, 0.05) is 19.0 Å². The van der Waals surface area contributed by atoms with Gasteiger partial charge in [0.05, 0.1) is 0 Å². The molecule has 1 aliphatic carbocycles. The molecule has 2 fully saturated rings. The number of piperidine rings is 1. The van der Waals surface area contributed by atoms with Gasteiger partial charge in [-0.25, -0.2) is 0 Å². The van der Waals surface area contributed by atoms with Gasteiger partial charge < -0.3 is 10.6 Å². The fraction of sp³-hybridized carbons (Fsp3) is 0.867. The molecule has 1 saturated heterocycles. The van der Waals surface area contributed by atoms with E-state index in [1.165, 1.54) is 0 Å². The van der Waals surface area contributed by atoms with Crippen molar-refractivity contribution in [1.82, 2.24) is 15.2 Å². The van der Waals surface area contributed by atoms with Gasteiger partial charge in [-0.1, -0.05) is 27.7 Å². The molecule has 1 aliphatic heterocycles. The summed E-state index contributed by atoms with van der Waals surface area (Å²) in [5.74, 6) is 3.08. The molecular weight excluding hydrogens is 250 g/mol. The fourth-order valence-corrected chi connectivity index (χ4v) is 3.78. The van der Waals surface area contributed by atoms with Gasteiger partial charge >= 0.3 is 0 Å². The molecule has 20 heavy (non-hydrogen) atoms. The maximum Gasteiger partial charge on any atom is 0.244 e. The first-order chi connectivity index (χ1) is 9.38. The standard InChI is InChI=1S/C15H27N5/c1-14(2)11(15(14,3)4)12-17-13(19-18-12)20-7-5-10(9-16)6-8-20/h10-11H,5-9,16H2,1-4H3,(H,17,18,19). The lowest BCUT2D eigenvalue weighted by Gasteiger charge is -2.30. The van der Waals surface area contributed by atoms with Crippen molar-refractivity contribution >= 4 is 5.95 Å². The van der Waals surface area contributed by atoms with Crippen LogP contribution in [0.5, 0.6) is 0 Å². The molecule has 1 saturated carbocycles. The first kappa shape index (κ1) is 13.9. The number of aromatic amines is 1. The molecule has 0 bridgehead atoms. The monoisotopic (exact) mass is 277 g/mol. The van der Waals surface area contributed by atoms with E-state index >= 15 is 0 Å². The number of nitrogens with zero attached hydrogens (tertiary/aromatic N) is 3. The number of hydrogen-bond donors (Lipinski definition) is 2. The topological polar surface area (TPSA) is 70.8 Å². The zero-order valence-electron chi connectivity index (χ0n) is 13.1. The van der Waals surface area contributed by atoms with Crippen molar-refractivity contribution in [3.63, 3.8) is 0 Å². The van der Waals surface area contributed by atoms with Gasteiger partial charge in [-0.3, -0.25) is 5.10 Å². The molecule has 5 heteroatoms. The van der Waals surface area contributed by atoms with E-state index in [2.05, 4.69) is 42.8 Å². The lowest BCUT2D eigenvalue weighted by Crippen LogP contribution is -2.36. The molecule has 3 rings (SSSR count). The highest BCUT2D eigenvalue weighted by molar-refractivity contribution is 5.34. The summed E-state index contributed by atoms with van der Waals surface area (Å²) in [6.07, 6.45) is 2.31. The van der Waals surface area contributed by atoms with Crippen molar-refractivity contribution in [2.24, 2.45) is 22.5 Å². The van der Waals surface area contributed by atoms with Crippen LogP contribution in [0.3, 0.4) is 0 Å². The van der Waals surface area contributed by atoms with E-state index in [9.17, 15) is 0 Å². The first-order valence-electron chi connectivity index (χ1n) is 7.75. The van der Waals surface area contributed by atoms with E-state index < -0.39 is 0 Å². The number of hydrogen-bond acceptors (Lipinski definition) is 4. The summed E-state index contributed by atoms with van der Waals surface area (Å²) >= 11 is 0. The first-order valence-corrected chi connectivity index (χ1v) is 7.75.